The van der Waals surface area contributed by atoms with Crippen molar-refractivity contribution in [2.24, 2.45) is 0 Å². The van der Waals surface area contributed by atoms with Crippen molar-refractivity contribution in [3.05, 3.63) is 178 Å². The van der Waals surface area contributed by atoms with E-state index in [1.165, 1.54) is 33.1 Å². The van der Waals surface area contributed by atoms with Crippen LogP contribution in [-0.4, -0.2) is 163 Å². The highest BCUT2D eigenvalue weighted by Gasteiger charge is 2.49. The lowest BCUT2D eigenvalue weighted by Gasteiger charge is -2.25. The summed E-state index contributed by atoms with van der Waals surface area (Å²) in [6.45, 7) is -1.20. The summed E-state index contributed by atoms with van der Waals surface area (Å²) in [5, 5.41) is 11.0. The zero-order valence-electron chi connectivity index (χ0n) is 55.4. The number of hydrogen-bond donors (Lipinski definition) is 11. The quantitative estimate of drug-likeness (QED) is 0.0300. The van der Waals surface area contributed by atoms with Crippen LogP contribution in [0.1, 0.15) is 72.8 Å². The number of benzene rings is 3. The van der Waals surface area contributed by atoms with Crippen LogP contribution in [0.2, 0.25) is 0 Å². The number of ether oxygens (including phenoxy) is 7. The molecule has 11 heterocycles. The SMILES string of the molecule is Cc1cn([C@H]2C[C@H](OP(=O)(O)OC[C@H]3O[C@@H](n4cnc5c(=O)[nH]c(N)nc54)C[C@@H]3OP(=O)(O)OC[C@H]3O[C@@H](n4cnc5c(=O)[nH]c(N)nc54)C[C@@H]3OP(=O)(O)OC[C@H]3O[C@@H](n4cnc5c(=O)[nH]c(N)nc54)C[C@@H]3O)[C@@H](COCc3ccc(OCc4ccccc4)c(OCc4ccccc4)c3)O2)c(=O)[nH]c1=O. The molecule has 106 heavy (non-hydrogen) atoms. The molecule has 7 aromatic heterocycles. The number of aliphatic hydroxyl groups is 1. The van der Waals surface area contributed by atoms with Crippen molar-refractivity contribution in [3.8, 4) is 11.5 Å². The molecule has 10 aromatic rings. The lowest BCUT2D eigenvalue weighted by Crippen LogP contribution is -2.33. The molecule has 3 aromatic carbocycles. The van der Waals surface area contributed by atoms with E-state index < -0.39 is 158 Å². The van der Waals surface area contributed by atoms with Gasteiger partial charge in [-0.2, -0.15) is 15.0 Å². The number of phosphoric acid groups is 3. The largest absolute Gasteiger partial charge is 0.485 e. The van der Waals surface area contributed by atoms with E-state index in [1.807, 2.05) is 60.7 Å². The van der Waals surface area contributed by atoms with Gasteiger partial charge in [0.1, 0.15) is 80.9 Å². The van der Waals surface area contributed by atoms with E-state index in [4.69, 9.17) is 77.5 Å². The van der Waals surface area contributed by atoms with Gasteiger partial charge in [-0.3, -0.25) is 84.5 Å². The Labute approximate surface area is 594 Å². The van der Waals surface area contributed by atoms with E-state index in [-0.39, 0.29) is 96.2 Å². The predicted molar refractivity (Wildman–Crippen MR) is 363 cm³/mol. The summed E-state index contributed by atoms with van der Waals surface area (Å²) in [7, 11) is -16.1. The summed E-state index contributed by atoms with van der Waals surface area (Å²) in [5.74, 6) is -0.00783. The van der Waals surface area contributed by atoms with Crippen molar-refractivity contribution in [2.75, 3.05) is 43.6 Å². The molecule has 14 rings (SSSR count). The van der Waals surface area contributed by atoms with Gasteiger partial charge in [-0.05, 0) is 35.7 Å². The monoisotopic (exact) mass is 1530 g/mol. The molecule has 4 aliphatic rings. The number of rotatable bonds is 29. The number of phosphoric ester groups is 3. The van der Waals surface area contributed by atoms with E-state index in [1.54, 1.807) is 18.2 Å². The van der Waals surface area contributed by atoms with Crippen LogP contribution >= 0.6 is 23.5 Å². The predicted octanol–water partition coefficient (Wildman–Crippen LogP) is 2.38. The average Bonchev–Trinajstić information content (AvgIpc) is 1.63. The van der Waals surface area contributed by atoms with Gasteiger partial charge in [0.15, 0.2) is 45.0 Å². The number of nitrogens with zero attached hydrogens (tertiary/aromatic N) is 10. The van der Waals surface area contributed by atoms with Crippen LogP contribution in [0.25, 0.3) is 33.5 Å². The summed E-state index contributed by atoms with van der Waals surface area (Å²) in [5.41, 5.74) is 15.8. The summed E-state index contributed by atoms with van der Waals surface area (Å²) >= 11 is 0. The topological polar surface area (TPSA) is 576 Å². The third kappa shape index (κ3) is 16.5. The Hall–Kier alpha value is -9.52. The number of nitrogens with two attached hydrogens (primary N) is 3. The molecule has 45 heteroatoms. The van der Waals surface area contributed by atoms with Crippen LogP contribution in [0.3, 0.4) is 0 Å². The van der Waals surface area contributed by atoms with Gasteiger partial charge in [0, 0.05) is 37.4 Å². The van der Waals surface area contributed by atoms with Gasteiger partial charge in [0.05, 0.1) is 58.1 Å². The smallest absolute Gasteiger partial charge is 0.472 e. The number of hydrogen-bond acceptors (Lipinski definition) is 31. The summed E-state index contributed by atoms with van der Waals surface area (Å²) in [4.78, 5) is 132. The molecule has 0 radical (unpaired) electrons. The number of H-pyrrole nitrogens is 4. The molecule has 4 fully saturated rings. The molecular formula is C61H68N17O25P3. The van der Waals surface area contributed by atoms with Crippen molar-refractivity contribution in [1.29, 1.82) is 0 Å². The molecule has 4 saturated heterocycles. The van der Waals surface area contributed by atoms with E-state index in [9.17, 15) is 57.5 Å². The first kappa shape index (κ1) is 73.4. The fraction of sp³-hybridized carbons (Fsp3) is 0.393. The minimum Gasteiger partial charge on any atom is -0.485 e. The summed E-state index contributed by atoms with van der Waals surface area (Å²) in [6, 6.07) is 24.2. The van der Waals surface area contributed by atoms with Gasteiger partial charge in [0.25, 0.3) is 22.2 Å². The maximum atomic E-state index is 14.4. The Balaban J connectivity index is 0.673. The number of aromatic nitrogens is 14. The van der Waals surface area contributed by atoms with Crippen molar-refractivity contribution in [2.45, 2.75) is 126 Å². The molecule has 3 unspecified atom stereocenters. The maximum absolute atomic E-state index is 14.4. The minimum absolute atomic E-state index is 0.0259. The lowest BCUT2D eigenvalue weighted by atomic mass is 10.2. The Kier molecular flexibility index (Phi) is 21.0. The minimum atomic E-state index is -5.48. The number of fused-ring (bicyclic) bond motifs is 3. The number of aryl methyl sites for hydroxylation is 1. The van der Waals surface area contributed by atoms with Crippen LogP contribution in [0, 0.1) is 6.92 Å². The number of aromatic amines is 4. The number of anilines is 3. The van der Waals surface area contributed by atoms with E-state index >= 15 is 0 Å². The molecule has 4 aliphatic heterocycles. The van der Waals surface area contributed by atoms with Gasteiger partial charge < -0.3 is 70.1 Å². The molecule has 0 bridgehead atoms. The molecule has 0 amide bonds. The van der Waals surface area contributed by atoms with Crippen molar-refractivity contribution in [3.63, 3.8) is 0 Å². The Morgan fingerprint density at radius 1 is 0.481 bits per heavy atom. The Bertz CT molecular complexity index is 5350. The maximum Gasteiger partial charge on any atom is 0.472 e. The highest BCUT2D eigenvalue weighted by Crippen LogP contribution is 2.54. The fourth-order valence-corrected chi connectivity index (χ4v) is 15.3. The molecule has 0 saturated carbocycles. The molecule has 562 valence electrons. The zero-order valence-corrected chi connectivity index (χ0v) is 58.1. The second kappa shape index (κ2) is 30.4. The molecular weight excluding hydrogens is 1460 g/mol. The average molecular weight is 1530 g/mol. The van der Waals surface area contributed by atoms with Gasteiger partial charge in [-0.15, -0.1) is 0 Å². The third-order valence-corrected chi connectivity index (χ3v) is 20.6. The first-order valence-electron chi connectivity index (χ1n) is 32.5. The van der Waals surface area contributed by atoms with Crippen LogP contribution < -0.4 is 54.6 Å². The van der Waals surface area contributed by atoms with Crippen LogP contribution in [0.5, 0.6) is 11.5 Å². The van der Waals surface area contributed by atoms with Crippen molar-refractivity contribution >= 4 is 74.8 Å². The first-order chi connectivity index (χ1) is 50.7. The second-order valence-electron chi connectivity index (χ2n) is 24.9. The second-order valence-corrected chi connectivity index (χ2v) is 29.1. The van der Waals surface area contributed by atoms with E-state index in [0.29, 0.717) is 17.1 Å². The normalized spacial score (nSPS) is 25.0. The van der Waals surface area contributed by atoms with Crippen molar-refractivity contribution in [1.82, 2.24) is 68.1 Å². The van der Waals surface area contributed by atoms with Gasteiger partial charge in [-0.1, -0.05) is 66.7 Å². The first-order valence-corrected chi connectivity index (χ1v) is 37.0. The van der Waals surface area contributed by atoms with Crippen LogP contribution in [0.15, 0.2) is 128 Å². The highest BCUT2D eigenvalue weighted by atomic mass is 31.2. The summed E-state index contributed by atoms with van der Waals surface area (Å²) in [6.07, 6.45) is -13.0. The fourth-order valence-electron chi connectivity index (χ4n) is 12.4. The number of nitrogens with one attached hydrogen (secondary N) is 4. The Morgan fingerprint density at radius 2 is 0.877 bits per heavy atom. The number of aliphatic hydroxyl groups excluding tert-OH is 1. The zero-order chi connectivity index (χ0) is 74.3. The number of nitrogen functional groups attached to an aromatic ring is 3. The van der Waals surface area contributed by atoms with E-state index in [0.717, 1.165) is 28.3 Å². The van der Waals surface area contributed by atoms with Gasteiger partial charge >= 0.3 is 29.2 Å². The third-order valence-electron chi connectivity index (χ3n) is 17.5. The molecule has 14 N–H and O–H groups in total. The molecule has 42 nitrogen and oxygen atoms in total. The van der Waals surface area contributed by atoms with Crippen LogP contribution in [-0.2, 0) is 84.3 Å². The van der Waals surface area contributed by atoms with Crippen molar-refractivity contribution < 1.29 is 93.8 Å². The molecule has 15 atom stereocenters. The van der Waals surface area contributed by atoms with Crippen LogP contribution in [0.4, 0.5) is 17.8 Å². The highest BCUT2D eigenvalue weighted by molar-refractivity contribution is 7.48. The van der Waals surface area contributed by atoms with Gasteiger partial charge in [0.2, 0.25) is 17.8 Å². The Morgan fingerprint density at radius 3 is 1.33 bits per heavy atom. The standard InChI is InChI=1S/C61H68N17O25P3/c1-30-19-75(61(84)74-54(30)80)45-16-37(41(98-45)23-91-20-33-12-13-35(92-21-31-8-4-2-5-9-31)36(14-33)93-22-32-10-6-3-7-11-32)101-105(87,88)95-25-43-39(18-47(100-43)78-29-67-50-53(78)70-60(64)73-57(50)83)103-106(89,90)96-26-42-38(17-46(99-42)77-28-66-49-52(77)69-59(63)72-56(49)82)102-104(85,86)94-24-40-34(79)15-44(97-40)76-27-65-48-51(76)68-58(62)71-55(48)81/h2-14,19,27-29,34,37-47,79H,15-18,20-26H2,1H3,(H,85,86)(H,87,88)(H,89,90)(H,74,80,84)(H3,62,68,71,81)(H3,63,69,72,82)(H3,64,70,73,83)/t34-,37-,38-,39-,40+,41+,42+,43+,44+,45+,46+,47+/m0/s1. The number of imidazole rings is 3. The molecule has 0 spiro atoms. The van der Waals surface area contributed by atoms with Gasteiger partial charge in [-0.25, -0.2) is 33.4 Å². The lowest BCUT2D eigenvalue weighted by molar-refractivity contribution is -0.0711. The molecule has 0 aliphatic carbocycles. The van der Waals surface area contributed by atoms with E-state index in [2.05, 4.69) is 49.8 Å². The summed E-state index contributed by atoms with van der Waals surface area (Å²) < 4.78 is 125.